The normalized spacial score (nSPS) is 22.8. The largest absolute Gasteiger partial charge is 0.356 e. The summed E-state index contributed by atoms with van der Waals surface area (Å²) in [4.78, 5) is 10.7. The number of fused-ring (bicyclic) bond motifs is 2. The van der Waals surface area contributed by atoms with Gasteiger partial charge in [0.15, 0.2) is 5.58 Å². The average Bonchev–Trinajstić information content (AvgIpc) is 3.35. The fourth-order valence-electron chi connectivity index (χ4n) is 4.28. The highest BCUT2D eigenvalue weighted by atomic mass is 32.2. The second-order valence-corrected chi connectivity index (χ2v) is 9.61. The van der Waals surface area contributed by atoms with Gasteiger partial charge in [-0.05, 0) is 30.9 Å². The van der Waals surface area contributed by atoms with E-state index in [0.717, 1.165) is 30.0 Å². The molecule has 0 spiro atoms. The summed E-state index contributed by atoms with van der Waals surface area (Å²) in [5.74, 6) is 1.43. The zero-order chi connectivity index (χ0) is 19.3. The molecule has 2 aliphatic heterocycles. The van der Waals surface area contributed by atoms with Crippen molar-refractivity contribution >= 4 is 26.8 Å². The smallest absolute Gasteiger partial charge is 0.220 e. The molecule has 9 heteroatoms. The number of aromatic nitrogens is 3. The lowest BCUT2D eigenvalue weighted by molar-refractivity contribution is 0.438. The van der Waals surface area contributed by atoms with Gasteiger partial charge in [-0.2, -0.15) is 0 Å². The fraction of sp³-hybridized carbons (Fsp3) is 0.421. The summed E-state index contributed by atoms with van der Waals surface area (Å²) in [5, 5.41) is 4.74. The summed E-state index contributed by atoms with van der Waals surface area (Å²) in [5.41, 5.74) is 2.03. The number of anilines is 1. The van der Waals surface area contributed by atoms with Crippen LogP contribution in [-0.2, 0) is 15.8 Å². The van der Waals surface area contributed by atoms with Gasteiger partial charge in [0, 0.05) is 43.3 Å². The first-order chi connectivity index (χ1) is 13.5. The Morgan fingerprint density at radius 3 is 2.61 bits per heavy atom. The molecule has 2 unspecified atom stereocenters. The predicted octanol–water partition coefficient (Wildman–Crippen LogP) is 1.82. The lowest BCUT2D eigenvalue weighted by atomic mass is 10.0. The van der Waals surface area contributed by atoms with Crippen LogP contribution in [0.15, 0.2) is 41.2 Å². The van der Waals surface area contributed by atoms with Gasteiger partial charge in [-0.1, -0.05) is 17.3 Å². The van der Waals surface area contributed by atoms with Crippen molar-refractivity contribution < 1.29 is 12.9 Å². The molecule has 3 aromatic rings. The van der Waals surface area contributed by atoms with Crippen molar-refractivity contribution in [2.45, 2.75) is 12.7 Å². The minimum atomic E-state index is -3.44. The first-order valence-electron chi connectivity index (χ1n) is 9.34. The summed E-state index contributed by atoms with van der Waals surface area (Å²) in [6, 6.07) is 9.32. The number of benzene rings is 1. The lowest BCUT2D eigenvalue weighted by Crippen LogP contribution is -2.34. The van der Waals surface area contributed by atoms with Crippen LogP contribution >= 0.6 is 0 Å². The van der Waals surface area contributed by atoms with Crippen molar-refractivity contribution in [1.82, 2.24) is 19.4 Å². The molecule has 0 N–H and O–H groups in total. The SMILES string of the molecule is Cc1cc(N2CC3CN(S(=O)(=O)Cc4noc5ccccc45)CC3C2)ncn1. The molecule has 0 radical (unpaired) electrons. The third kappa shape index (κ3) is 3.04. The first kappa shape index (κ1) is 17.6. The predicted molar refractivity (Wildman–Crippen MR) is 104 cm³/mol. The molecule has 0 saturated carbocycles. The number of aryl methyl sites for hydroxylation is 1. The van der Waals surface area contributed by atoms with E-state index < -0.39 is 10.0 Å². The zero-order valence-electron chi connectivity index (χ0n) is 15.5. The molecular formula is C19H21N5O3S. The maximum atomic E-state index is 13.0. The summed E-state index contributed by atoms with van der Waals surface area (Å²) < 4.78 is 32.8. The molecule has 5 rings (SSSR count). The van der Waals surface area contributed by atoms with Gasteiger partial charge in [-0.3, -0.25) is 0 Å². The molecule has 2 atom stereocenters. The highest BCUT2D eigenvalue weighted by Crippen LogP contribution is 2.35. The summed E-state index contributed by atoms with van der Waals surface area (Å²) in [7, 11) is -3.44. The van der Waals surface area contributed by atoms with E-state index in [1.165, 1.54) is 0 Å². The van der Waals surface area contributed by atoms with E-state index in [1.54, 1.807) is 16.7 Å². The van der Waals surface area contributed by atoms with E-state index >= 15 is 0 Å². The van der Waals surface area contributed by atoms with Crippen LogP contribution in [0.4, 0.5) is 5.82 Å². The van der Waals surface area contributed by atoms with E-state index in [0.29, 0.717) is 36.2 Å². The van der Waals surface area contributed by atoms with E-state index in [4.69, 9.17) is 4.52 Å². The van der Waals surface area contributed by atoms with E-state index in [-0.39, 0.29) is 5.75 Å². The molecule has 1 aromatic carbocycles. The second kappa shape index (κ2) is 6.52. The Kier molecular flexibility index (Phi) is 4.09. The number of sulfonamides is 1. The van der Waals surface area contributed by atoms with Gasteiger partial charge in [-0.15, -0.1) is 0 Å². The highest BCUT2D eigenvalue weighted by Gasteiger charge is 2.44. The minimum Gasteiger partial charge on any atom is -0.356 e. The molecule has 28 heavy (non-hydrogen) atoms. The molecule has 2 saturated heterocycles. The summed E-state index contributed by atoms with van der Waals surface area (Å²) in [6.07, 6.45) is 1.58. The maximum absolute atomic E-state index is 13.0. The Hall–Kier alpha value is -2.52. The number of hydrogen-bond donors (Lipinski definition) is 0. The van der Waals surface area contributed by atoms with Crippen LogP contribution in [0.25, 0.3) is 11.0 Å². The van der Waals surface area contributed by atoms with Gasteiger partial charge in [0.25, 0.3) is 0 Å². The van der Waals surface area contributed by atoms with Crippen LogP contribution in [0.5, 0.6) is 0 Å². The van der Waals surface area contributed by atoms with Gasteiger partial charge in [-0.25, -0.2) is 22.7 Å². The maximum Gasteiger partial charge on any atom is 0.220 e. The quantitative estimate of drug-likeness (QED) is 0.661. The Balaban J connectivity index is 1.29. The number of nitrogens with zero attached hydrogens (tertiary/aromatic N) is 5. The van der Waals surface area contributed by atoms with Crippen LogP contribution < -0.4 is 4.90 Å². The van der Waals surface area contributed by atoms with Crippen LogP contribution in [0.1, 0.15) is 11.4 Å². The van der Waals surface area contributed by atoms with Crippen LogP contribution in [-0.4, -0.2) is 54.0 Å². The van der Waals surface area contributed by atoms with Gasteiger partial charge in [0.05, 0.1) is 0 Å². The molecule has 2 aromatic heterocycles. The monoisotopic (exact) mass is 399 g/mol. The Morgan fingerprint density at radius 2 is 1.86 bits per heavy atom. The third-order valence-electron chi connectivity index (χ3n) is 5.73. The molecule has 8 nitrogen and oxygen atoms in total. The third-order valence-corrected chi connectivity index (χ3v) is 7.45. The molecule has 4 heterocycles. The summed E-state index contributed by atoms with van der Waals surface area (Å²) in [6.45, 7) is 4.68. The van der Waals surface area contributed by atoms with Crippen molar-refractivity contribution in [1.29, 1.82) is 0 Å². The standard InChI is InChI=1S/C19H21N5O3S/c1-13-6-19(21-12-20-13)23-7-14-9-24(10-15(14)8-23)28(25,26)11-17-16-4-2-3-5-18(16)27-22-17/h2-6,12,14-15H,7-11H2,1H3. The van der Waals surface area contributed by atoms with Gasteiger partial charge < -0.3 is 9.42 Å². The van der Waals surface area contributed by atoms with Crippen molar-refractivity contribution in [2.24, 2.45) is 11.8 Å². The highest BCUT2D eigenvalue weighted by molar-refractivity contribution is 7.88. The summed E-state index contributed by atoms with van der Waals surface area (Å²) >= 11 is 0. The molecule has 146 valence electrons. The Bertz CT molecular complexity index is 1120. The lowest BCUT2D eigenvalue weighted by Gasteiger charge is -2.22. The van der Waals surface area contributed by atoms with E-state index in [9.17, 15) is 8.42 Å². The second-order valence-electron chi connectivity index (χ2n) is 7.64. The molecule has 2 fully saturated rings. The van der Waals surface area contributed by atoms with Gasteiger partial charge in [0.1, 0.15) is 23.6 Å². The first-order valence-corrected chi connectivity index (χ1v) is 11.0. The van der Waals surface area contributed by atoms with Crippen molar-refractivity contribution in [2.75, 3.05) is 31.1 Å². The van der Waals surface area contributed by atoms with Gasteiger partial charge in [0.2, 0.25) is 10.0 Å². The van der Waals surface area contributed by atoms with Crippen molar-refractivity contribution in [3.05, 3.63) is 48.0 Å². The van der Waals surface area contributed by atoms with Crippen LogP contribution in [0.3, 0.4) is 0 Å². The van der Waals surface area contributed by atoms with E-state index in [1.807, 2.05) is 31.2 Å². The molecular weight excluding hydrogens is 378 g/mol. The minimum absolute atomic E-state index is 0.127. The van der Waals surface area contributed by atoms with Crippen molar-refractivity contribution in [3.63, 3.8) is 0 Å². The molecule has 0 aliphatic carbocycles. The van der Waals surface area contributed by atoms with Gasteiger partial charge >= 0.3 is 0 Å². The molecule has 0 amide bonds. The molecule has 0 bridgehead atoms. The fourth-order valence-corrected chi connectivity index (χ4v) is 5.86. The number of rotatable bonds is 4. The Morgan fingerprint density at radius 1 is 1.11 bits per heavy atom. The zero-order valence-corrected chi connectivity index (χ0v) is 16.3. The Labute approximate surface area is 163 Å². The number of para-hydroxylation sites is 1. The topological polar surface area (TPSA) is 92.4 Å². The average molecular weight is 399 g/mol. The number of hydrogen-bond acceptors (Lipinski definition) is 7. The van der Waals surface area contributed by atoms with Crippen molar-refractivity contribution in [3.8, 4) is 0 Å². The molecule has 2 aliphatic rings. The van der Waals surface area contributed by atoms with Crippen LogP contribution in [0.2, 0.25) is 0 Å². The van der Waals surface area contributed by atoms with E-state index in [2.05, 4.69) is 20.0 Å². The van der Waals surface area contributed by atoms with Crippen LogP contribution in [0, 0.1) is 18.8 Å².